The molecule has 1 atom stereocenters. The second-order valence-corrected chi connectivity index (χ2v) is 4.07. The number of hydrogen-bond acceptors (Lipinski definition) is 4. The first-order valence-electron chi connectivity index (χ1n) is 5.05. The van der Waals surface area contributed by atoms with Gasteiger partial charge in [0.2, 0.25) is 0 Å². The van der Waals surface area contributed by atoms with Crippen LogP contribution in [0.5, 0.6) is 0 Å². The lowest BCUT2D eigenvalue weighted by Crippen LogP contribution is -2.29. The van der Waals surface area contributed by atoms with E-state index >= 15 is 0 Å². The molecule has 2 aromatic rings. The second kappa shape index (κ2) is 4.83. The molecule has 0 amide bonds. The van der Waals surface area contributed by atoms with Gasteiger partial charge in [-0.1, -0.05) is 11.6 Å². The molecule has 5 nitrogen and oxygen atoms in total. The van der Waals surface area contributed by atoms with Crippen molar-refractivity contribution in [3.8, 4) is 0 Å². The molecule has 90 valence electrons. The van der Waals surface area contributed by atoms with Gasteiger partial charge in [0.1, 0.15) is 5.15 Å². The summed E-state index contributed by atoms with van der Waals surface area (Å²) in [7, 11) is 0. The highest BCUT2D eigenvalue weighted by atomic mass is 35.5. The van der Waals surface area contributed by atoms with E-state index in [-0.39, 0.29) is 17.3 Å². The van der Waals surface area contributed by atoms with Crippen LogP contribution in [-0.4, -0.2) is 32.5 Å². The van der Waals surface area contributed by atoms with Crippen molar-refractivity contribution in [2.45, 2.75) is 12.6 Å². The SMILES string of the molecule is O=c1c2cnccc2cc(Cl)n1CC(O)CO. The van der Waals surface area contributed by atoms with Crippen LogP contribution in [0.15, 0.2) is 29.3 Å². The molecule has 0 radical (unpaired) electrons. The molecule has 2 aromatic heterocycles. The van der Waals surface area contributed by atoms with E-state index in [1.54, 1.807) is 18.3 Å². The predicted octanol–water partition coefficient (Wildman–Crippen LogP) is 0.403. The molecule has 1 unspecified atom stereocenters. The number of nitrogens with zero attached hydrogens (tertiary/aromatic N) is 2. The Labute approximate surface area is 102 Å². The number of halogens is 1. The third kappa shape index (κ3) is 2.31. The monoisotopic (exact) mass is 254 g/mol. The third-order valence-electron chi connectivity index (χ3n) is 2.47. The Hall–Kier alpha value is -1.43. The van der Waals surface area contributed by atoms with Gasteiger partial charge in [0.05, 0.1) is 24.6 Å². The highest BCUT2D eigenvalue weighted by molar-refractivity contribution is 6.30. The van der Waals surface area contributed by atoms with Crippen molar-refractivity contribution in [1.29, 1.82) is 0 Å². The summed E-state index contributed by atoms with van der Waals surface area (Å²) in [6.45, 7) is -0.465. The molecule has 17 heavy (non-hydrogen) atoms. The maximum Gasteiger partial charge on any atom is 0.261 e. The van der Waals surface area contributed by atoms with Crippen molar-refractivity contribution in [3.63, 3.8) is 0 Å². The molecule has 2 heterocycles. The fourth-order valence-electron chi connectivity index (χ4n) is 1.60. The molecule has 0 aromatic carbocycles. The van der Waals surface area contributed by atoms with Gasteiger partial charge in [0.25, 0.3) is 5.56 Å². The predicted molar refractivity (Wildman–Crippen MR) is 64.1 cm³/mol. The molecule has 0 aliphatic heterocycles. The Morgan fingerprint density at radius 2 is 2.29 bits per heavy atom. The van der Waals surface area contributed by atoms with Gasteiger partial charge in [0, 0.05) is 12.4 Å². The summed E-state index contributed by atoms with van der Waals surface area (Å²) in [5.74, 6) is 0. The lowest BCUT2D eigenvalue weighted by molar-refractivity contribution is 0.0806. The number of aliphatic hydroxyl groups is 2. The van der Waals surface area contributed by atoms with Gasteiger partial charge in [-0.15, -0.1) is 0 Å². The van der Waals surface area contributed by atoms with Gasteiger partial charge in [-0.05, 0) is 17.5 Å². The topological polar surface area (TPSA) is 75.4 Å². The van der Waals surface area contributed by atoms with Crippen LogP contribution in [0, 0.1) is 0 Å². The standard InChI is InChI=1S/C11H11ClN2O3/c12-10-3-7-1-2-13-4-9(7)11(17)14(10)5-8(16)6-15/h1-4,8,15-16H,5-6H2. The summed E-state index contributed by atoms with van der Waals surface area (Å²) >= 11 is 5.96. The molecule has 0 aliphatic rings. The smallest absolute Gasteiger partial charge is 0.261 e. The maximum atomic E-state index is 12.0. The van der Waals surface area contributed by atoms with E-state index in [2.05, 4.69) is 4.98 Å². The van der Waals surface area contributed by atoms with Gasteiger partial charge in [0.15, 0.2) is 0 Å². The largest absolute Gasteiger partial charge is 0.394 e. The Balaban J connectivity index is 2.60. The van der Waals surface area contributed by atoms with Gasteiger partial charge >= 0.3 is 0 Å². The molecule has 0 fully saturated rings. The molecule has 0 bridgehead atoms. The van der Waals surface area contributed by atoms with E-state index < -0.39 is 12.7 Å². The van der Waals surface area contributed by atoms with Crippen LogP contribution >= 0.6 is 11.6 Å². The lowest BCUT2D eigenvalue weighted by Gasteiger charge is -2.12. The van der Waals surface area contributed by atoms with Crippen LogP contribution in [0.25, 0.3) is 10.8 Å². The number of pyridine rings is 2. The molecule has 2 rings (SSSR count). The molecule has 0 saturated carbocycles. The zero-order chi connectivity index (χ0) is 12.4. The molecule has 0 saturated heterocycles. The Kier molecular flexibility index (Phi) is 3.42. The van der Waals surface area contributed by atoms with Gasteiger partial charge in [-0.2, -0.15) is 0 Å². The molecular formula is C11H11ClN2O3. The summed E-state index contributed by atoms with van der Waals surface area (Å²) in [6, 6.07) is 3.32. The minimum Gasteiger partial charge on any atom is -0.394 e. The average Bonchev–Trinajstić information content (AvgIpc) is 2.34. The fraction of sp³-hybridized carbons (Fsp3) is 0.273. The maximum absolute atomic E-state index is 12.0. The first kappa shape index (κ1) is 12.0. The number of aromatic nitrogens is 2. The first-order chi connectivity index (χ1) is 8.13. The number of fused-ring (bicyclic) bond motifs is 1. The number of aliphatic hydroxyl groups excluding tert-OH is 2. The van der Waals surface area contributed by atoms with Crippen LogP contribution in [0.3, 0.4) is 0 Å². The van der Waals surface area contributed by atoms with Crippen molar-refractivity contribution < 1.29 is 10.2 Å². The van der Waals surface area contributed by atoms with E-state index in [9.17, 15) is 9.90 Å². The minimum atomic E-state index is -1.01. The van der Waals surface area contributed by atoms with E-state index in [0.717, 1.165) is 0 Å². The fourth-order valence-corrected chi connectivity index (χ4v) is 1.86. The van der Waals surface area contributed by atoms with Gasteiger partial charge in [-0.25, -0.2) is 0 Å². The molecular weight excluding hydrogens is 244 g/mol. The highest BCUT2D eigenvalue weighted by Crippen LogP contribution is 2.15. The minimum absolute atomic E-state index is 0.0427. The van der Waals surface area contributed by atoms with Crippen LogP contribution in [0.4, 0.5) is 0 Å². The molecule has 0 spiro atoms. The quantitative estimate of drug-likeness (QED) is 0.778. The van der Waals surface area contributed by atoms with Gasteiger partial charge in [-0.3, -0.25) is 14.3 Å². The van der Waals surface area contributed by atoms with Crippen LogP contribution in [0.2, 0.25) is 5.15 Å². The van der Waals surface area contributed by atoms with E-state index in [0.29, 0.717) is 10.8 Å². The molecule has 0 aliphatic carbocycles. The molecule has 6 heteroatoms. The van der Waals surface area contributed by atoms with E-state index in [4.69, 9.17) is 16.7 Å². The van der Waals surface area contributed by atoms with Crippen molar-refractivity contribution >= 4 is 22.4 Å². The van der Waals surface area contributed by atoms with Crippen LogP contribution in [0.1, 0.15) is 0 Å². The van der Waals surface area contributed by atoms with Crippen LogP contribution in [-0.2, 0) is 6.54 Å². The zero-order valence-electron chi connectivity index (χ0n) is 8.88. The normalized spacial score (nSPS) is 12.9. The van der Waals surface area contributed by atoms with Crippen LogP contribution < -0.4 is 5.56 Å². The number of hydrogen-bond donors (Lipinski definition) is 2. The first-order valence-corrected chi connectivity index (χ1v) is 5.43. The summed E-state index contributed by atoms with van der Waals surface area (Å²) in [4.78, 5) is 15.9. The molecule has 2 N–H and O–H groups in total. The summed E-state index contributed by atoms with van der Waals surface area (Å²) in [5, 5.41) is 19.5. The lowest BCUT2D eigenvalue weighted by atomic mass is 10.2. The van der Waals surface area contributed by atoms with Crippen molar-refractivity contribution in [2.75, 3.05) is 6.61 Å². The second-order valence-electron chi connectivity index (χ2n) is 3.68. The van der Waals surface area contributed by atoms with Crippen molar-refractivity contribution in [2.24, 2.45) is 0 Å². The van der Waals surface area contributed by atoms with Gasteiger partial charge < -0.3 is 10.2 Å². The Morgan fingerprint density at radius 1 is 1.53 bits per heavy atom. The van der Waals surface area contributed by atoms with Crippen molar-refractivity contribution in [1.82, 2.24) is 9.55 Å². The summed E-state index contributed by atoms with van der Waals surface area (Å²) < 4.78 is 1.21. The highest BCUT2D eigenvalue weighted by Gasteiger charge is 2.11. The van der Waals surface area contributed by atoms with E-state index in [1.165, 1.54) is 10.8 Å². The van der Waals surface area contributed by atoms with E-state index in [1.807, 2.05) is 0 Å². The average molecular weight is 255 g/mol. The zero-order valence-corrected chi connectivity index (χ0v) is 9.63. The number of rotatable bonds is 3. The van der Waals surface area contributed by atoms with Crippen molar-refractivity contribution in [3.05, 3.63) is 40.0 Å². The summed E-state index contributed by atoms with van der Waals surface area (Å²) in [5.41, 5.74) is -0.326. The Morgan fingerprint density at radius 3 is 3.00 bits per heavy atom. The summed E-state index contributed by atoms with van der Waals surface area (Å²) in [6.07, 6.45) is 2.01. The Bertz CT molecular complexity index is 597. The third-order valence-corrected chi connectivity index (χ3v) is 2.78.